The van der Waals surface area contributed by atoms with Gasteiger partial charge in [0.25, 0.3) is 0 Å². The van der Waals surface area contributed by atoms with E-state index in [-0.39, 0.29) is 12.0 Å². The molecule has 0 aliphatic carbocycles. The van der Waals surface area contributed by atoms with Gasteiger partial charge in [0.05, 0.1) is 23.6 Å². The second kappa shape index (κ2) is 7.41. The standard InChI is InChI=1S/C18H18ClN5O2/c1-2-25-15-6-5-11(8-14(15)19)16-13(10-21-23-16)18-22-17(24-26-18)12-4-3-7-20-9-12/h3-9,13,16,21,23H,2,10H2,1H3. The maximum atomic E-state index is 6.33. The summed E-state index contributed by atoms with van der Waals surface area (Å²) in [5, 5.41) is 4.67. The lowest BCUT2D eigenvalue weighted by molar-refractivity contribution is 0.339. The van der Waals surface area contributed by atoms with Crippen LogP contribution < -0.4 is 15.6 Å². The van der Waals surface area contributed by atoms with Gasteiger partial charge >= 0.3 is 0 Å². The lowest BCUT2D eigenvalue weighted by Gasteiger charge is -2.17. The van der Waals surface area contributed by atoms with Crippen LogP contribution in [0.1, 0.15) is 30.3 Å². The molecule has 26 heavy (non-hydrogen) atoms. The first-order chi connectivity index (χ1) is 12.8. The molecular formula is C18H18ClN5O2. The molecule has 2 N–H and O–H groups in total. The van der Waals surface area contributed by atoms with Crippen molar-refractivity contribution in [2.24, 2.45) is 0 Å². The van der Waals surface area contributed by atoms with Crippen molar-refractivity contribution < 1.29 is 9.26 Å². The van der Waals surface area contributed by atoms with Gasteiger partial charge in [-0.15, -0.1) is 0 Å². The number of benzene rings is 1. The third-order valence-corrected chi connectivity index (χ3v) is 4.57. The number of hydrogen-bond donors (Lipinski definition) is 2. The van der Waals surface area contributed by atoms with Gasteiger partial charge in [0.1, 0.15) is 5.75 Å². The van der Waals surface area contributed by atoms with Gasteiger partial charge in [-0.05, 0) is 36.8 Å². The van der Waals surface area contributed by atoms with E-state index < -0.39 is 0 Å². The SMILES string of the molecule is CCOc1ccc(C2NNCC2c2nc(-c3cccnc3)no2)cc1Cl. The Morgan fingerprint density at radius 1 is 1.35 bits per heavy atom. The van der Waals surface area contributed by atoms with Crippen LogP contribution in [-0.2, 0) is 0 Å². The van der Waals surface area contributed by atoms with Crippen molar-refractivity contribution in [3.05, 3.63) is 59.2 Å². The number of ether oxygens (including phenoxy) is 1. The molecule has 0 radical (unpaired) electrons. The summed E-state index contributed by atoms with van der Waals surface area (Å²) in [6.45, 7) is 3.17. The fourth-order valence-corrected chi connectivity index (χ4v) is 3.27. The number of hydrogen-bond acceptors (Lipinski definition) is 7. The van der Waals surface area contributed by atoms with Crippen LogP contribution in [0.15, 0.2) is 47.2 Å². The smallest absolute Gasteiger partial charge is 0.233 e. The molecule has 3 heterocycles. The summed E-state index contributed by atoms with van der Waals surface area (Å²) < 4.78 is 11.0. The molecule has 4 rings (SSSR count). The van der Waals surface area contributed by atoms with E-state index in [1.165, 1.54) is 0 Å². The van der Waals surface area contributed by atoms with Crippen LogP contribution >= 0.6 is 11.6 Å². The predicted octanol–water partition coefficient (Wildman–Crippen LogP) is 3.12. The van der Waals surface area contributed by atoms with Crippen molar-refractivity contribution in [1.82, 2.24) is 26.0 Å². The number of hydrazine groups is 1. The number of halogens is 1. The molecule has 1 aliphatic heterocycles. The van der Waals surface area contributed by atoms with Crippen LogP contribution in [-0.4, -0.2) is 28.3 Å². The Balaban J connectivity index is 1.59. The van der Waals surface area contributed by atoms with E-state index in [1.807, 2.05) is 37.3 Å². The van der Waals surface area contributed by atoms with Gasteiger partial charge in [-0.2, -0.15) is 4.98 Å². The highest BCUT2D eigenvalue weighted by Crippen LogP contribution is 2.36. The van der Waals surface area contributed by atoms with Gasteiger partial charge in [0.15, 0.2) is 0 Å². The van der Waals surface area contributed by atoms with Gasteiger partial charge < -0.3 is 9.26 Å². The third-order valence-electron chi connectivity index (χ3n) is 4.28. The Kier molecular flexibility index (Phi) is 4.83. The van der Waals surface area contributed by atoms with E-state index in [2.05, 4.69) is 26.0 Å². The lowest BCUT2D eigenvalue weighted by atomic mass is 9.95. The highest BCUT2D eigenvalue weighted by Gasteiger charge is 2.34. The quantitative estimate of drug-likeness (QED) is 0.712. The molecule has 1 fully saturated rings. The van der Waals surface area contributed by atoms with E-state index in [4.69, 9.17) is 20.9 Å². The molecule has 2 atom stereocenters. The minimum Gasteiger partial charge on any atom is -0.492 e. The summed E-state index contributed by atoms with van der Waals surface area (Å²) in [4.78, 5) is 8.64. The summed E-state index contributed by atoms with van der Waals surface area (Å²) in [6, 6.07) is 9.49. The van der Waals surface area contributed by atoms with E-state index in [0.29, 0.717) is 35.6 Å². The average Bonchev–Trinajstić information content (AvgIpc) is 3.33. The zero-order valence-corrected chi connectivity index (χ0v) is 14.9. The van der Waals surface area contributed by atoms with Crippen molar-refractivity contribution in [1.29, 1.82) is 0 Å². The third kappa shape index (κ3) is 3.29. The van der Waals surface area contributed by atoms with Crippen molar-refractivity contribution in [2.75, 3.05) is 13.2 Å². The molecule has 1 aromatic carbocycles. The van der Waals surface area contributed by atoms with E-state index in [0.717, 1.165) is 11.1 Å². The molecule has 0 bridgehead atoms. The molecule has 2 aromatic heterocycles. The molecule has 7 nitrogen and oxygen atoms in total. The Bertz CT molecular complexity index is 886. The first-order valence-electron chi connectivity index (χ1n) is 8.41. The minimum absolute atomic E-state index is 0.0121. The average molecular weight is 372 g/mol. The Labute approximate surface area is 155 Å². The molecule has 1 saturated heterocycles. The Morgan fingerprint density at radius 3 is 3.04 bits per heavy atom. The zero-order valence-electron chi connectivity index (χ0n) is 14.1. The van der Waals surface area contributed by atoms with E-state index in [1.54, 1.807) is 12.4 Å². The largest absolute Gasteiger partial charge is 0.492 e. The number of nitrogens with zero attached hydrogens (tertiary/aromatic N) is 3. The second-order valence-electron chi connectivity index (χ2n) is 5.93. The van der Waals surface area contributed by atoms with Crippen LogP contribution in [0.5, 0.6) is 5.75 Å². The molecular weight excluding hydrogens is 354 g/mol. The maximum absolute atomic E-state index is 6.33. The molecule has 134 valence electrons. The first kappa shape index (κ1) is 17.0. The van der Waals surface area contributed by atoms with Crippen molar-refractivity contribution in [3.63, 3.8) is 0 Å². The van der Waals surface area contributed by atoms with Crippen molar-refractivity contribution >= 4 is 11.6 Å². The summed E-state index contributed by atoms with van der Waals surface area (Å²) in [5.41, 5.74) is 8.27. The fourth-order valence-electron chi connectivity index (χ4n) is 3.02. The summed E-state index contributed by atoms with van der Waals surface area (Å²) in [6.07, 6.45) is 3.42. The molecule has 2 unspecified atom stereocenters. The number of aromatic nitrogens is 3. The second-order valence-corrected chi connectivity index (χ2v) is 6.34. The summed E-state index contributed by atoms with van der Waals surface area (Å²) >= 11 is 6.33. The summed E-state index contributed by atoms with van der Waals surface area (Å²) in [5.74, 6) is 1.76. The van der Waals surface area contributed by atoms with Crippen LogP contribution in [0, 0.1) is 0 Å². The highest BCUT2D eigenvalue weighted by atomic mass is 35.5. The molecule has 3 aromatic rings. The number of rotatable bonds is 5. The van der Waals surface area contributed by atoms with Crippen LogP contribution in [0.4, 0.5) is 0 Å². The topological polar surface area (TPSA) is 85.1 Å². The van der Waals surface area contributed by atoms with Gasteiger partial charge in [0, 0.05) is 24.5 Å². The summed E-state index contributed by atoms with van der Waals surface area (Å²) in [7, 11) is 0. The Morgan fingerprint density at radius 2 is 2.27 bits per heavy atom. The first-order valence-corrected chi connectivity index (χ1v) is 8.78. The van der Waals surface area contributed by atoms with Crippen molar-refractivity contribution in [2.45, 2.75) is 18.9 Å². The van der Waals surface area contributed by atoms with Crippen LogP contribution in [0.2, 0.25) is 5.02 Å². The molecule has 0 saturated carbocycles. The van der Waals surface area contributed by atoms with Crippen LogP contribution in [0.3, 0.4) is 0 Å². The molecule has 8 heteroatoms. The lowest BCUT2D eigenvalue weighted by Crippen LogP contribution is -2.24. The highest BCUT2D eigenvalue weighted by molar-refractivity contribution is 6.32. The van der Waals surface area contributed by atoms with Gasteiger partial charge in [-0.1, -0.05) is 22.8 Å². The molecule has 0 amide bonds. The Hall–Kier alpha value is -2.48. The minimum atomic E-state index is -0.0367. The number of nitrogens with one attached hydrogen (secondary N) is 2. The van der Waals surface area contributed by atoms with E-state index in [9.17, 15) is 0 Å². The van der Waals surface area contributed by atoms with Crippen LogP contribution in [0.25, 0.3) is 11.4 Å². The monoisotopic (exact) mass is 371 g/mol. The van der Waals surface area contributed by atoms with Crippen molar-refractivity contribution in [3.8, 4) is 17.1 Å². The molecule has 1 aliphatic rings. The fraction of sp³-hybridized carbons (Fsp3) is 0.278. The zero-order chi connectivity index (χ0) is 17.9. The van der Waals surface area contributed by atoms with Gasteiger partial charge in [0.2, 0.25) is 11.7 Å². The van der Waals surface area contributed by atoms with Gasteiger partial charge in [-0.3, -0.25) is 10.4 Å². The number of pyridine rings is 1. The normalized spacial score (nSPS) is 19.6. The maximum Gasteiger partial charge on any atom is 0.233 e. The molecule has 0 spiro atoms. The van der Waals surface area contributed by atoms with E-state index >= 15 is 0 Å². The predicted molar refractivity (Wildman–Crippen MR) is 96.8 cm³/mol. The van der Waals surface area contributed by atoms with Gasteiger partial charge in [-0.25, -0.2) is 5.43 Å².